The van der Waals surface area contributed by atoms with Crippen molar-refractivity contribution in [3.05, 3.63) is 40.5 Å². The van der Waals surface area contributed by atoms with Crippen LogP contribution in [0.25, 0.3) is 0 Å². The summed E-state index contributed by atoms with van der Waals surface area (Å²) in [5.41, 5.74) is 2.87. The highest BCUT2D eigenvalue weighted by atomic mass is 35.5. The van der Waals surface area contributed by atoms with Crippen LogP contribution in [0, 0.1) is 13.8 Å². The van der Waals surface area contributed by atoms with Gasteiger partial charge in [0, 0.05) is 29.0 Å². The van der Waals surface area contributed by atoms with E-state index in [0.29, 0.717) is 5.95 Å². The molecule has 2 rings (SSSR count). The SMILES string of the molecule is Cc1cc(Nc2cccc(Cl)c2C)nc(NCCCN(C)C)n1. The summed E-state index contributed by atoms with van der Waals surface area (Å²) in [7, 11) is 4.14. The average Bonchev–Trinajstić information content (AvgIpc) is 2.48. The van der Waals surface area contributed by atoms with Crippen molar-refractivity contribution in [1.29, 1.82) is 0 Å². The fourth-order valence-electron chi connectivity index (χ4n) is 2.19. The Hall–Kier alpha value is -1.85. The summed E-state index contributed by atoms with van der Waals surface area (Å²) in [6.07, 6.45) is 1.04. The Balaban J connectivity index is 2.06. The van der Waals surface area contributed by atoms with E-state index in [9.17, 15) is 0 Å². The van der Waals surface area contributed by atoms with Crippen molar-refractivity contribution in [2.24, 2.45) is 0 Å². The second-order valence-electron chi connectivity index (χ2n) is 5.84. The van der Waals surface area contributed by atoms with Crippen molar-refractivity contribution >= 4 is 29.1 Å². The first-order valence-corrected chi connectivity index (χ1v) is 8.10. The Morgan fingerprint density at radius 3 is 2.70 bits per heavy atom. The molecule has 0 bridgehead atoms. The number of nitrogens with one attached hydrogen (secondary N) is 2. The van der Waals surface area contributed by atoms with Crippen molar-refractivity contribution in [3.8, 4) is 0 Å². The Kier molecular flexibility index (Phi) is 6.19. The van der Waals surface area contributed by atoms with Crippen LogP contribution in [0.1, 0.15) is 17.7 Å². The standard InChI is InChI=1S/C17H24ClN5/c1-12-11-16(21-15-8-5-7-14(18)13(15)2)22-17(20-12)19-9-6-10-23(3)4/h5,7-8,11H,6,9-10H2,1-4H3,(H2,19,20,21,22). The van der Waals surface area contributed by atoms with Crippen LogP contribution in [-0.2, 0) is 0 Å². The van der Waals surface area contributed by atoms with Gasteiger partial charge in [0.25, 0.3) is 0 Å². The first kappa shape index (κ1) is 17.5. The summed E-state index contributed by atoms with van der Waals surface area (Å²) < 4.78 is 0. The number of hydrogen-bond acceptors (Lipinski definition) is 5. The lowest BCUT2D eigenvalue weighted by atomic mass is 10.2. The largest absolute Gasteiger partial charge is 0.354 e. The third-order valence-corrected chi connectivity index (χ3v) is 3.86. The van der Waals surface area contributed by atoms with Crippen LogP contribution in [0.5, 0.6) is 0 Å². The topological polar surface area (TPSA) is 53.1 Å². The molecule has 5 nitrogen and oxygen atoms in total. The Bertz CT molecular complexity index is 657. The van der Waals surface area contributed by atoms with Gasteiger partial charge in [0.05, 0.1) is 0 Å². The summed E-state index contributed by atoms with van der Waals surface area (Å²) in [6.45, 7) is 5.82. The van der Waals surface area contributed by atoms with Crippen molar-refractivity contribution in [2.75, 3.05) is 37.8 Å². The molecule has 0 fully saturated rings. The lowest BCUT2D eigenvalue weighted by molar-refractivity contribution is 0.405. The average molecular weight is 334 g/mol. The summed E-state index contributed by atoms with van der Waals surface area (Å²) in [5, 5.41) is 7.34. The third kappa shape index (κ3) is 5.37. The molecule has 1 aromatic carbocycles. The molecule has 1 heterocycles. The van der Waals surface area contributed by atoms with E-state index in [0.717, 1.165) is 47.3 Å². The van der Waals surface area contributed by atoms with Crippen LogP contribution in [0.2, 0.25) is 5.02 Å². The molecule has 0 aliphatic carbocycles. The molecule has 2 N–H and O–H groups in total. The monoisotopic (exact) mass is 333 g/mol. The van der Waals surface area contributed by atoms with Gasteiger partial charge < -0.3 is 15.5 Å². The number of benzene rings is 1. The summed E-state index contributed by atoms with van der Waals surface area (Å²) in [5.74, 6) is 1.41. The van der Waals surface area contributed by atoms with Gasteiger partial charge in [0.1, 0.15) is 5.82 Å². The van der Waals surface area contributed by atoms with Gasteiger partial charge in [-0.05, 0) is 58.6 Å². The quantitative estimate of drug-likeness (QED) is 0.754. The highest BCUT2D eigenvalue weighted by molar-refractivity contribution is 6.31. The van der Waals surface area contributed by atoms with Crippen molar-refractivity contribution in [2.45, 2.75) is 20.3 Å². The van der Waals surface area contributed by atoms with Crippen molar-refractivity contribution in [3.63, 3.8) is 0 Å². The number of aromatic nitrogens is 2. The van der Waals surface area contributed by atoms with E-state index < -0.39 is 0 Å². The second-order valence-corrected chi connectivity index (χ2v) is 6.25. The fraction of sp³-hybridized carbons (Fsp3) is 0.412. The number of nitrogens with zero attached hydrogens (tertiary/aromatic N) is 3. The zero-order valence-corrected chi connectivity index (χ0v) is 14.9. The smallest absolute Gasteiger partial charge is 0.224 e. The molecule has 124 valence electrons. The van der Waals surface area contributed by atoms with E-state index in [1.807, 2.05) is 38.1 Å². The molecule has 1 aromatic heterocycles. The van der Waals surface area contributed by atoms with Gasteiger partial charge in [-0.15, -0.1) is 0 Å². The van der Waals surface area contributed by atoms with Gasteiger partial charge in [-0.1, -0.05) is 17.7 Å². The van der Waals surface area contributed by atoms with Gasteiger partial charge in [-0.25, -0.2) is 4.98 Å². The molecule has 0 aliphatic rings. The zero-order chi connectivity index (χ0) is 16.8. The molecular formula is C17H24ClN5. The molecule has 0 saturated heterocycles. The van der Waals surface area contributed by atoms with Crippen molar-refractivity contribution < 1.29 is 0 Å². The predicted octanol–water partition coefficient (Wildman–Crippen LogP) is 3.85. The van der Waals surface area contributed by atoms with E-state index in [1.54, 1.807) is 0 Å². The molecule has 2 aromatic rings. The third-order valence-electron chi connectivity index (χ3n) is 3.45. The van der Waals surface area contributed by atoms with Crippen molar-refractivity contribution in [1.82, 2.24) is 14.9 Å². The van der Waals surface area contributed by atoms with Gasteiger partial charge in [-0.3, -0.25) is 0 Å². The molecular weight excluding hydrogens is 310 g/mol. The maximum atomic E-state index is 6.16. The van der Waals surface area contributed by atoms with Crippen LogP contribution in [0.3, 0.4) is 0 Å². The summed E-state index contributed by atoms with van der Waals surface area (Å²) in [6, 6.07) is 7.71. The lowest BCUT2D eigenvalue weighted by Crippen LogP contribution is -2.17. The lowest BCUT2D eigenvalue weighted by Gasteiger charge is -2.13. The molecule has 0 radical (unpaired) electrons. The Morgan fingerprint density at radius 2 is 1.96 bits per heavy atom. The van der Waals surface area contributed by atoms with Gasteiger partial charge in [-0.2, -0.15) is 4.98 Å². The number of halogens is 1. The van der Waals surface area contributed by atoms with Crippen LogP contribution in [0.4, 0.5) is 17.5 Å². The molecule has 0 aliphatic heterocycles. The van der Waals surface area contributed by atoms with Gasteiger partial charge in [0.15, 0.2) is 0 Å². The van der Waals surface area contributed by atoms with E-state index in [-0.39, 0.29) is 0 Å². The molecule has 6 heteroatoms. The Morgan fingerprint density at radius 1 is 1.17 bits per heavy atom. The molecule has 23 heavy (non-hydrogen) atoms. The minimum Gasteiger partial charge on any atom is -0.354 e. The fourth-order valence-corrected chi connectivity index (χ4v) is 2.36. The van der Waals surface area contributed by atoms with Gasteiger partial charge >= 0.3 is 0 Å². The number of rotatable bonds is 7. The maximum absolute atomic E-state index is 6.16. The maximum Gasteiger partial charge on any atom is 0.224 e. The summed E-state index contributed by atoms with van der Waals surface area (Å²) in [4.78, 5) is 11.1. The van der Waals surface area contributed by atoms with Crippen LogP contribution >= 0.6 is 11.6 Å². The number of aryl methyl sites for hydroxylation is 1. The highest BCUT2D eigenvalue weighted by Gasteiger charge is 2.06. The zero-order valence-electron chi connectivity index (χ0n) is 14.2. The molecule has 0 spiro atoms. The van der Waals surface area contributed by atoms with E-state index in [1.165, 1.54) is 0 Å². The number of anilines is 3. The highest BCUT2D eigenvalue weighted by Crippen LogP contribution is 2.25. The van der Waals surface area contributed by atoms with E-state index >= 15 is 0 Å². The van der Waals surface area contributed by atoms with Crippen LogP contribution < -0.4 is 10.6 Å². The molecule has 0 saturated carbocycles. The normalized spacial score (nSPS) is 10.9. The minimum atomic E-state index is 0.644. The van der Waals surface area contributed by atoms with Gasteiger partial charge in [0.2, 0.25) is 5.95 Å². The molecule has 0 amide bonds. The van der Waals surface area contributed by atoms with Crippen LogP contribution in [0.15, 0.2) is 24.3 Å². The molecule has 0 unspecified atom stereocenters. The summed E-state index contributed by atoms with van der Waals surface area (Å²) >= 11 is 6.16. The minimum absolute atomic E-state index is 0.644. The number of hydrogen-bond donors (Lipinski definition) is 2. The van der Waals surface area contributed by atoms with E-state index in [4.69, 9.17) is 11.6 Å². The second kappa shape index (κ2) is 8.13. The van der Waals surface area contributed by atoms with Crippen LogP contribution in [-0.4, -0.2) is 42.1 Å². The van der Waals surface area contributed by atoms with E-state index in [2.05, 4.69) is 39.6 Å². The molecule has 0 atom stereocenters. The predicted molar refractivity (Wildman–Crippen MR) is 97.9 cm³/mol. The first-order valence-electron chi connectivity index (χ1n) is 7.72. The first-order chi connectivity index (χ1) is 11.0. The Labute approximate surface area is 143 Å².